The molecule has 2 heterocycles. The maximum atomic E-state index is 12.7. The highest BCUT2D eigenvalue weighted by molar-refractivity contribution is 7.26. The zero-order valence-corrected chi connectivity index (χ0v) is 16.0. The van der Waals surface area contributed by atoms with Gasteiger partial charge in [-0.15, -0.1) is 11.3 Å². The van der Waals surface area contributed by atoms with Crippen molar-refractivity contribution in [2.75, 3.05) is 25.0 Å². The van der Waals surface area contributed by atoms with Gasteiger partial charge in [-0.05, 0) is 38.1 Å². The van der Waals surface area contributed by atoms with E-state index in [9.17, 15) is 4.79 Å². The first kappa shape index (κ1) is 16.7. The minimum Gasteiger partial charge on any atom is -0.324 e. The zero-order chi connectivity index (χ0) is 18.2. The third-order valence-corrected chi connectivity index (χ3v) is 6.69. The van der Waals surface area contributed by atoms with Crippen LogP contribution in [0.3, 0.4) is 0 Å². The Morgan fingerprint density at radius 1 is 0.889 bits per heavy atom. The molecular weight excluding hydrogens is 352 g/mol. The number of thiophene rings is 1. The summed E-state index contributed by atoms with van der Waals surface area (Å²) in [4.78, 5) is 15.0. The molecule has 0 aliphatic carbocycles. The fourth-order valence-electron chi connectivity index (χ4n) is 4.16. The van der Waals surface area contributed by atoms with Crippen LogP contribution in [0.2, 0.25) is 0 Å². The van der Waals surface area contributed by atoms with E-state index >= 15 is 0 Å². The molecule has 4 heteroatoms. The Morgan fingerprint density at radius 3 is 2.41 bits per heavy atom. The van der Waals surface area contributed by atoms with Crippen LogP contribution < -0.4 is 5.32 Å². The third-order valence-electron chi connectivity index (χ3n) is 5.47. The average molecular weight is 375 g/mol. The van der Waals surface area contributed by atoms with Crippen LogP contribution in [-0.4, -0.2) is 30.4 Å². The number of anilines is 1. The molecule has 0 bridgehead atoms. The van der Waals surface area contributed by atoms with Gasteiger partial charge in [-0.1, -0.05) is 48.9 Å². The summed E-state index contributed by atoms with van der Waals surface area (Å²) in [6, 6.07) is 19.0. The molecule has 5 rings (SSSR count). The normalized spacial score (nSPS) is 15.6. The second-order valence-corrected chi connectivity index (χ2v) is 8.38. The van der Waals surface area contributed by atoms with Gasteiger partial charge in [0.2, 0.25) is 5.91 Å². The number of hydrogen-bond donors (Lipinski definition) is 1. The van der Waals surface area contributed by atoms with Crippen molar-refractivity contribution in [3.05, 3.63) is 54.6 Å². The fourth-order valence-corrected chi connectivity index (χ4v) is 5.38. The van der Waals surface area contributed by atoms with E-state index in [1.807, 2.05) is 17.4 Å². The van der Waals surface area contributed by atoms with Crippen LogP contribution in [0.15, 0.2) is 54.6 Å². The number of rotatable bonds is 3. The van der Waals surface area contributed by atoms with Crippen LogP contribution in [0.1, 0.15) is 19.3 Å². The Labute approximate surface area is 162 Å². The lowest BCUT2D eigenvalue weighted by atomic mass is 10.0. The van der Waals surface area contributed by atoms with Gasteiger partial charge in [0, 0.05) is 36.6 Å². The van der Waals surface area contributed by atoms with Gasteiger partial charge in [0.1, 0.15) is 0 Å². The molecule has 1 aliphatic rings. The molecule has 0 unspecified atom stereocenters. The summed E-state index contributed by atoms with van der Waals surface area (Å²) in [6.45, 7) is 2.54. The zero-order valence-electron chi connectivity index (χ0n) is 15.2. The van der Waals surface area contributed by atoms with E-state index in [0.717, 1.165) is 24.2 Å². The van der Waals surface area contributed by atoms with E-state index in [0.29, 0.717) is 6.54 Å². The molecule has 0 spiro atoms. The topological polar surface area (TPSA) is 32.3 Å². The molecule has 1 fully saturated rings. The predicted octanol–water partition coefficient (Wildman–Crippen LogP) is 5.63. The second kappa shape index (κ2) is 6.95. The molecule has 27 heavy (non-hydrogen) atoms. The lowest BCUT2D eigenvalue weighted by molar-refractivity contribution is -0.117. The number of nitrogens with one attached hydrogen (secondary N) is 1. The number of hydrogen-bond acceptors (Lipinski definition) is 3. The summed E-state index contributed by atoms with van der Waals surface area (Å²) in [5.41, 5.74) is 0.920. The molecular formula is C23H22N2OS. The van der Waals surface area contributed by atoms with Crippen LogP contribution in [0, 0.1) is 0 Å². The van der Waals surface area contributed by atoms with Crippen LogP contribution >= 0.6 is 11.3 Å². The Bertz CT molecular complexity index is 1140. The Balaban J connectivity index is 1.57. The lowest BCUT2D eigenvalue weighted by Gasteiger charge is -2.25. The summed E-state index contributed by atoms with van der Waals surface area (Å²) in [5.74, 6) is 0.0842. The van der Waals surface area contributed by atoms with Crippen molar-refractivity contribution < 1.29 is 4.79 Å². The van der Waals surface area contributed by atoms with Crippen molar-refractivity contribution in [2.45, 2.75) is 19.3 Å². The van der Waals surface area contributed by atoms with Crippen molar-refractivity contribution in [3.63, 3.8) is 0 Å². The van der Waals surface area contributed by atoms with Crippen LogP contribution in [0.25, 0.3) is 30.9 Å². The molecule has 3 nitrogen and oxygen atoms in total. The Kier molecular flexibility index (Phi) is 4.30. The van der Waals surface area contributed by atoms with Gasteiger partial charge in [0.25, 0.3) is 0 Å². The van der Waals surface area contributed by atoms with Gasteiger partial charge in [-0.25, -0.2) is 0 Å². The monoisotopic (exact) mass is 374 g/mol. The quantitative estimate of drug-likeness (QED) is 0.504. The van der Waals surface area contributed by atoms with E-state index in [2.05, 4.69) is 58.7 Å². The Hall–Kier alpha value is -2.43. The van der Waals surface area contributed by atoms with Crippen molar-refractivity contribution in [2.24, 2.45) is 0 Å². The standard InChI is InChI=1S/C23H22N2OS/c26-22(15-25-12-6-1-7-13-25)24-20-14-19-17-9-4-5-11-21(17)27-23(19)18-10-3-2-8-16(18)20/h2-5,8-11,14H,1,6-7,12-13,15H2,(H,24,26). The first-order valence-electron chi connectivity index (χ1n) is 9.65. The molecule has 0 atom stereocenters. The number of carbonyl (C=O) groups excluding carboxylic acids is 1. The largest absolute Gasteiger partial charge is 0.324 e. The van der Waals surface area contributed by atoms with Crippen molar-refractivity contribution in [1.29, 1.82) is 0 Å². The molecule has 1 N–H and O–H groups in total. The molecule has 0 radical (unpaired) electrons. The number of carbonyl (C=O) groups is 1. The summed E-state index contributed by atoms with van der Waals surface area (Å²) in [6.07, 6.45) is 3.68. The van der Waals surface area contributed by atoms with Gasteiger partial charge in [-0.3, -0.25) is 9.69 Å². The van der Waals surface area contributed by atoms with Crippen molar-refractivity contribution >= 4 is 53.9 Å². The Morgan fingerprint density at radius 2 is 1.59 bits per heavy atom. The number of benzene rings is 3. The molecule has 136 valence electrons. The van der Waals surface area contributed by atoms with E-state index in [1.54, 1.807) is 0 Å². The minimum absolute atomic E-state index is 0.0842. The van der Waals surface area contributed by atoms with Gasteiger partial charge in [0.05, 0.1) is 6.54 Å². The predicted molar refractivity (Wildman–Crippen MR) is 116 cm³/mol. The highest BCUT2D eigenvalue weighted by atomic mass is 32.1. The highest BCUT2D eigenvalue weighted by Gasteiger charge is 2.16. The van der Waals surface area contributed by atoms with Crippen molar-refractivity contribution in [3.8, 4) is 0 Å². The average Bonchev–Trinajstić information content (AvgIpc) is 3.08. The molecule has 3 aromatic carbocycles. The highest BCUT2D eigenvalue weighted by Crippen LogP contribution is 2.41. The molecule has 1 saturated heterocycles. The third kappa shape index (κ3) is 3.09. The molecule has 4 aromatic rings. The number of amides is 1. The van der Waals surface area contributed by atoms with E-state index in [4.69, 9.17) is 0 Å². The van der Waals surface area contributed by atoms with E-state index < -0.39 is 0 Å². The minimum atomic E-state index is 0.0842. The van der Waals surface area contributed by atoms with Gasteiger partial charge >= 0.3 is 0 Å². The summed E-state index contributed by atoms with van der Waals surface area (Å²) in [7, 11) is 0. The smallest absolute Gasteiger partial charge is 0.238 e. The number of piperidine rings is 1. The SMILES string of the molecule is O=C(CN1CCCCC1)Nc1cc2c3ccccc3sc2c2ccccc12. The van der Waals surface area contributed by atoms with Gasteiger partial charge in [-0.2, -0.15) is 0 Å². The second-order valence-electron chi connectivity index (χ2n) is 7.33. The van der Waals surface area contributed by atoms with Crippen LogP contribution in [0.5, 0.6) is 0 Å². The summed E-state index contributed by atoms with van der Waals surface area (Å²) in [5, 5.41) is 8.01. The molecule has 0 saturated carbocycles. The lowest BCUT2D eigenvalue weighted by Crippen LogP contribution is -2.36. The summed E-state index contributed by atoms with van der Waals surface area (Å²) < 4.78 is 2.58. The number of nitrogens with zero attached hydrogens (tertiary/aromatic N) is 1. The van der Waals surface area contributed by atoms with Crippen molar-refractivity contribution in [1.82, 2.24) is 4.90 Å². The first-order valence-corrected chi connectivity index (χ1v) is 10.5. The maximum Gasteiger partial charge on any atom is 0.238 e. The molecule has 1 aromatic heterocycles. The fraction of sp³-hybridized carbons (Fsp3) is 0.261. The molecule has 1 amide bonds. The van der Waals surface area contributed by atoms with E-state index in [-0.39, 0.29) is 5.91 Å². The molecule has 1 aliphatic heterocycles. The van der Waals surface area contributed by atoms with Crippen LogP contribution in [0.4, 0.5) is 5.69 Å². The number of fused-ring (bicyclic) bond motifs is 5. The van der Waals surface area contributed by atoms with Gasteiger partial charge < -0.3 is 5.32 Å². The first-order chi connectivity index (χ1) is 13.3. The maximum absolute atomic E-state index is 12.7. The number of likely N-dealkylation sites (tertiary alicyclic amines) is 1. The van der Waals surface area contributed by atoms with E-state index in [1.165, 1.54) is 44.8 Å². The van der Waals surface area contributed by atoms with Gasteiger partial charge in [0.15, 0.2) is 0 Å². The van der Waals surface area contributed by atoms with Crippen LogP contribution in [-0.2, 0) is 4.79 Å². The summed E-state index contributed by atoms with van der Waals surface area (Å²) >= 11 is 1.83.